The zero-order valence-corrected chi connectivity index (χ0v) is 14.0. The van der Waals surface area contributed by atoms with Crippen molar-refractivity contribution in [1.82, 2.24) is 10.6 Å². The molecule has 120 valence electrons. The van der Waals surface area contributed by atoms with Crippen LogP contribution in [-0.4, -0.2) is 38.6 Å². The third kappa shape index (κ3) is 6.55. The second kappa shape index (κ2) is 10.7. The van der Waals surface area contributed by atoms with Gasteiger partial charge >= 0.3 is 0 Å². The summed E-state index contributed by atoms with van der Waals surface area (Å²) in [5.74, 6) is 0.140. The summed E-state index contributed by atoms with van der Waals surface area (Å²) in [6, 6.07) is 10.2. The van der Waals surface area contributed by atoms with E-state index in [0.29, 0.717) is 6.54 Å². The number of anilines is 1. The van der Waals surface area contributed by atoms with Crippen molar-refractivity contribution < 1.29 is 4.79 Å². The normalized spacial score (nSPS) is 17.1. The molecule has 1 amide bonds. The Morgan fingerprint density at radius 3 is 2.62 bits per heavy atom. The fraction of sp³-hybridized carbons (Fsp3) is 0.533. The van der Waals surface area contributed by atoms with Crippen LogP contribution in [0, 0.1) is 0 Å². The third-order valence-corrected chi connectivity index (χ3v) is 3.57. The number of halogens is 2. The Balaban J connectivity index is 0.00000200. The van der Waals surface area contributed by atoms with Crippen LogP contribution in [0.4, 0.5) is 5.69 Å². The first-order valence-electron chi connectivity index (χ1n) is 7.04. The van der Waals surface area contributed by atoms with E-state index in [4.69, 9.17) is 0 Å². The molecule has 6 heteroatoms. The van der Waals surface area contributed by atoms with Crippen LogP contribution >= 0.6 is 24.8 Å². The SMILES string of the molecule is CN(CCNC(=O)[C@@H]1CCCCN1)c1ccccc1.Cl.Cl. The summed E-state index contributed by atoms with van der Waals surface area (Å²) >= 11 is 0. The van der Waals surface area contributed by atoms with Gasteiger partial charge < -0.3 is 15.5 Å². The minimum absolute atomic E-state index is 0. The number of likely N-dealkylation sites (N-methyl/N-ethyl adjacent to an activating group) is 1. The first-order chi connectivity index (χ1) is 9.27. The van der Waals surface area contributed by atoms with Crippen molar-refractivity contribution in [2.24, 2.45) is 0 Å². The molecule has 0 spiro atoms. The summed E-state index contributed by atoms with van der Waals surface area (Å²) in [7, 11) is 2.04. The summed E-state index contributed by atoms with van der Waals surface area (Å²) in [4.78, 5) is 14.1. The predicted octanol–water partition coefficient (Wildman–Crippen LogP) is 2.22. The molecule has 1 heterocycles. The highest BCUT2D eigenvalue weighted by Gasteiger charge is 2.19. The molecule has 1 aliphatic heterocycles. The molecule has 4 nitrogen and oxygen atoms in total. The van der Waals surface area contributed by atoms with Crippen LogP contribution in [0.1, 0.15) is 19.3 Å². The number of hydrogen-bond donors (Lipinski definition) is 2. The van der Waals surface area contributed by atoms with Crippen molar-refractivity contribution in [2.45, 2.75) is 25.3 Å². The lowest BCUT2D eigenvalue weighted by Crippen LogP contribution is -2.48. The number of para-hydroxylation sites is 1. The van der Waals surface area contributed by atoms with Gasteiger partial charge in [-0.25, -0.2) is 0 Å². The molecular formula is C15H25Cl2N3O. The predicted molar refractivity (Wildman–Crippen MR) is 92.9 cm³/mol. The molecule has 2 rings (SSSR count). The quantitative estimate of drug-likeness (QED) is 0.868. The van der Waals surface area contributed by atoms with Crippen LogP contribution in [0.2, 0.25) is 0 Å². The van der Waals surface area contributed by atoms with E-state index in [9.17, 15) is 4.79 Å². The highest BCUT2D eigenvalue weighted by Crippen LogP contribution is 2.10. The van der Waals surface area contributed by atoms with E-state index in [-0.39, 0.29) is 36.8 Å². The minimum atomic E-state index is 0. The van der Waals surface area contributed by atoms with Gasteiger partial charge in [-0.15, -0.1) is 24.8 Å². The van der Waals surface area contributed by atoms with Gasteiger partial charge in [0, 0.05) is 25.8 Å². The first kappa shape index (κ1) is 20.0. The number of nitrogens with zero attached hydrogens (tertiary/aromatic N) is 1. The zero-order chi connectivity index (χ0) is 13.5. The van der Waals surface area contributed by atoms with Crippen LogP contribution in [0.3, 0.4) is 0 Å². The topological polar surface area (TPSA) is 44.4 Å². The number of amides is 1. The number of rotatable bonds is 5. The van der Waals surface area contributed by atoms with Crippen LogP contribution in [0.25, 0.3) is 0 Å². The van der Waals surface area contributed by atoms with E-state index < -0.39 is 0 Å². The van der Waals surface area contributed by atoms with Gasteiger partial charge in [0.15, 0.2) is 0 Å². The minimum Gasteiger partial charge on any atom is -0.373 e. The Kier molecular flexibility index (Phi) is 10.2. The summed E-state index contributed by atoms with van der Waals surface area (Å²) in [6.07, 6.45) is 3.29. The number of carbonyl (C=O) groups excluding carboxylic acids is 1. The number of piperidine rings is 1. The molecule has 1 aromatic carbocycles. The molecule has 0 aromatic heterocycles. The van der Waals surface area contributed by atoms with Gasteiger partial charge in [-0.05, 0) is 31.5 Å². The summed E-state index contributed by atoms with van der Waals surface area (Å²) in [6.45, 7) is 2.47. The van der Waals surface area contributed by atoms with Crippen molar-refractivity contribution in [3.63, 3.8) is 0 Å². The smallest absolute Gasteiger partial charge is 0.237 e. The van der Waals surface area contributed by atoms with Gasteiger partial charge in [-0.3, -0.25) is 4.79 Å². The van der Waals surface area contributed by atoms with Crippen molar-refractivity contribution in [1.29, 1.82) is 0 Å². The Hall–Kier alpha value is -0.970. The number of nitrogens with one attached hydrogen (secondary N) is 2. The van der Waals surface area contributed by atoms with Gasteiger partial charge in [0.25, 0.3) is 0 Å². The summed E-state index contributed by atoms with van der Waals surface area (Å²) in [5.41, 5.74) is 1.17. The number of benzene rings is 1. The Morgan fingerprint density at radius 1 is 1.29 bits per heavy atom. The number of hydrogen-bond acceptors (Lipinski definition) is 3. The number of carbonyl (C=O) groups is 1. The lowest BCUT2D eigenvalue weighted by atomic mass is 10.0. The van der Waals surface area contributed by atoms with Crippen molar-refractivity contribution >= 4 is 36.4 Å². The second-order valence-corrected chi connectivity index (χ2v) is 5.05. The standard InChI is InChI=1S/C15H23N3O.2ClH/c1-18(13-7-3-2-4-8-13)12-11-17-15(19)14-9-5-6-10-16-14;;/h2-4,7-8,14,16H,5-6,9-12H2,1H3,(H,17,19);2*1H/t14-;;/m0../s1. The highest BCUT2D eigenvalue weighted by molar-refractivity contribution is 5.85. The lowest BCUT2D eigenvalue weighted by Gasteiger charge is -2.24. The molecule has 0 aliphatic carbocycles. The van der Waals surface area contributed by atoms with Crippen LogP contribution in [-0.2, 0) is 4.79 Å². The summed E-state index contributed by atoms with van der Waals surface area (Å²) < 4.78 is 0. The Morgan fingerprint density at radius 2 is 2.00 bits per heavy atom. The molecule has 1 fully saturated rings. The molecule has 0 bridgehead atoms. The average Bonchev–Trinajstić information content (AvgIpc) is 2.49. The third-order valence-electron chi connectivity index (χ3n) is 3.57. The largest absolute Gasteiger partial charge is 0.373 e. The molecule has 0 saturated carbocycles. The fourth-order valence-electron chi connectivity index (χ4n) is 2.36. The summed E-state index contributed by atoms with van der Waals surface area (Å²) in [5, 5.41) is 6.27. The van der Waals surface area contributed by atoms with Crippen molar-refractivity contribution in [2.75, 3.05) is 31.6 Å². The molecule has 21 heavy (non-hydrogen) atoms. The van der Waals surface area contributed by atoms with E-state index >= 15 is 0 Å². The van der Waals surface area contributed by atoms with E-state index in [1.807, 2.05) is 25.2 Å². The Labute approximate surface area is 139 Å². The van der Waals surface area contributed by atoms with E-state index in [0.717, 1.165) is 25.9 Å². The molecule has 1 aliphatic rings. The van der Waals surface area contributed by atoms with Gasteiger partial charge in [0.2, 0.25) is 5.91 Å². The zero-order valence-electron chi connectivity index (χ0n) is 12.4. The van der Waals surface area contributed by atoms with Crippen molar-refractivity contribution in [3.8, 4) is 0 Å². The van der Waals surface area contributed by atoms with E-state index in [1.165, 1.54) is 12.1 Å². The van der Waals surface area contributed by atoms with Gasteiger partial charge in [0.05, 0.1) is 6.04 Å². The van der Waals surface area contributed by atoms with E-state index in [2.05, 4.69) is 27.7 Å². The molecule has 0 unspecified atom stereocenters. The maximum atomic E-state index is 11.9. The Bertz CT molecular complexity index is 397. The second-order valence-electron chi connectivity index (χ2n) is 5.05. The van der Waals surface area contributed by atoms with Crippen LogP contribution in [0.15, 0.2) is 30.3 Å². The first-order valence-corrected chi connectivity index (χ1v) is 7.04. The average molecular weight is 334 g/mol. The molecule has 1 aromatic rings. The fourth-order valence-corrected chi connectivity index (χ4v) is 2.36. The molecule has 2 N–H and O–H groups in total. The van der Waals surface area contributed by atoms with Crippen LogP contribution < -0.4 is 15.5 Å². The highest BCUT2D eigenvalue weighted by atomic mass is 35.5. The maximum absolute atomic E-state index is 11.9. The molecule has 1 saturated heterocycles. The van der Waals surface area contributed by atoms with Gasteiger partial charge in [0.1, 0.15) is 0 Å². The maximum Gasteiger partial charge on any atom is 0.237 e. The lowest BCUT2D eigenvalue weighted by molar-refractivity contribution is -0.123. The van der Waals surface area contributed by atoms with Crippen molar-refractivity contribution in [3.05, 3.63) is 30.3 Å². The van der Waals surface area contributed by atoms with Gasteiger partial charge in [-0.2, -0.15) is 0 Å². The monoisotopic (exact) mass is 333 g/mol. The molecule has 0 radical (unpaired) electrons. The van der Waals surface area contributed by atoms with Gasteiger partial charge in [-0.1, -0.05) is 24.6 Å². The molecule has 1 atom stereocenters. The van der Waals surface area contributed by atoms with E-state index in [1.54, 1.807) is 0 Å². The van der Waals surface area contributed by atoms with Crippen LogP contribution in [0.5, 0.6) is 0 Å². The molecular weight excluding hydrogens is 309 g/mol.